The molecule has 3 rings (SSSR count). The topological polar surface area (TPSA) is 58.9 Å². The number of hydrogen-bond acceptors (Lipinski definition) is 5. The fourth-order valence-corrected chi connectivity index (χ4v) is 3.80. The lowest BCUT2D eigenvalue weighted by Crippen LogP contribution is -2.49. The Morgan fingerprint density at radius 2 is 1.91 bits per heavy atom. The average Bonchev–Trinajstić information content (AvgIpc) is 3.10. The molecule has 0 unspecified atom stereocenters. The number of benzene rings is 1. The molecule has 23 heavy (non-hydrogen) atoms. The van der Waals surface area contributed by atoms with Gasteiger partial charge in [0, 0.05) is 56.5 Å². The number of non-ortho nitro benzene ring substituents is 1. The van der Waals surface area contributed by atoms with Crippen molar-refractivity contribution in [3.8, 4) is 5.75 Å². The van der Waals surface area contributed by atoms with E-state index in [0.717, 1.165) is 43.5 Å². The third-order valence-electron chi connectivity index (χ3n) is 5.12. The van der Waals surface area contributed by atoms with Gasteiger partial charge in [0.1, 0.15) is 5.75 Å². The zero-order chi connectivity index (χ0) is 16.2. The van der Waals surface area contributed by atoms with Crippen LogP contribution >= 0.6 is 0 Å². The molecule has 6 nitrogen and oxygen atoms in total. The van der Waals surface area contributed by atoms with Crippen molar-refractivity contribution in [2.75, 3.05) is 33.3 Å². The van der Waals surface area contributed by atoms with Crippen molar-refractivity contribution in [3.05, 3.63) is 33.9 Å². The zero-order valence-electron chi connectivity index (χ0n) is 13.7. The van der Waals surface area contributed by atoms with E-state index in [4.69, 9.17) is 4.74 Å². The second-order valence-electron chi connectivity index (χ2n) is 6.50. The predicted octanol–water partition coefficient (Wildman–Crippen LogP) is 2.66. The van der Waals surface area contributed by atoms with Crippen LogP contribution in [0.1, 0.15) is 31.2 Å². The molecule has 1 aliphatic heterocycles. The van der Waals surface area contributed by atoms with Gasteiger partial charge in [-0.05, 0) is 18.9 Å². The van der Waals surface area contributed by atoms with Crippen LogP contribution in [-0.4, -0.2) is 54.1 Å². The lowest BCUT2D eigenvalue weighted by Gasteiger charge is -2.38. The van der Waals surface area contributed by atoms with E-state index >= 15 is 0 Å². The fraction of sp³-hybridized carbons (Fsp3) is 0.647. The van der Waals surface area contributed by atoms with Gasteiger partial charge in [-0.2, -0.15) is 0 Å². The average molecular weight is 319 g/mol. The molecule has 1 aromatic rings. The van der Waals surface area contributed by atoms with Crippen molar-refractivity contribution in [2.45, 2.75) is 38.3 Å². The summed E-state index contributed by atoms with van der Waals surface area (Å²) in [6.07, 6.45) is 5.43. The Morgan fingerprint density at radius 1 is 1.22 bits per heavy atom. The van der Waals surface area contributed by atoms with E-state index < -0.39 is 0 Å². The predicted molar refractivity (Wildman–Crippen MR) is 88.8 cm³/mol. The summed E-state index contributed by atoms with van der Waals surface area (Å²) in [5.41, 5.74) is 1.03. The Bertz CT molecular complexity index is 550. The van der Waals surface area contributed by atoms with Crippen LogP contribution in [0.2, 0.25) is 0 Å². The lowest BCUT2D eigenvalue weighted by molar-refractivity contribution is -0.385. The number of methoxy groups -OCH3 is 1. The first-order valence-electron chi connectivity index (χ1n) is 8.45. The highest BCUT2D eigenvalue weighted by atomic mass is 16.6. The maximum absolute atomic E-state index is 11.0. The highest BCUT2D eigenvalue weighted by Crippen LogP contribution is 2.27. The summed E-state index contributed by atoms with van der Waals surface area (Å²) >= 11 is 0. The summed E-state index contributed by atoms with van der Waals surface area (Å²) in [4.78, 5) is 15.6. The van der Waals surface area contributed by atoms with Gasteiger partial charge in [0.15, 0.2) is 0 Å². The number of piperazine rings is 1. The number of hydrogen-bond donors (Lipinski definition) is 0. The molecule has 126 valence electrons. The van der Waals surface area contributed by atoms with E-state index in [9.17, 15) is 10.1 Å². The quantitative estimate of drug-likeness (QED) is 0.617. The van der Waals surface area contributed by atoms with E-state index in [1.807, 2.05) is 0 Å². The molecular formula is C17H25N3O3. The first-order valence-corrected chi connectivity index (χ1v) is 8.45. The molecule has 2 aliphatic rings. The van der Waals surface area contributed by atoms with Crippen LogP contribution in [0.25, 0.3) is 0 Å². The molecule has 1 saturated carbocycles. The minimum atomic E-state index is -0.346. The summed E-state index contributed by atoms with van der Waals surface area (Å²) in [7, 11) is 1.61. The molecule has 0 atom stereocenters. The number of nitro groups is 1. The summed E-state index contributed by atoms with van der Waals surface area (Å²) < 4.78 is 5.36. The molecule has 1 aliphatic carbocycles. The normalized spacial score (nSPS) is 20.7. The van der Waals surface area contributed by atoms with Gasteiger partial charge in [0.2, 0.25) is 0 Å². The van der Waals surface area contributed by atoms with Gasteiger partial charge in [-0.15, -0.1) is 0 Å². The summed E-state index contributed by atoms with van der Waals surface area (Å²) in [5.74, 6) is 0.730. The largest absolute Gasteiger partial charge is 0.496 e. The van der Waals surface area contributed by atoms with E-state index in [0.29, 0.717) is 6.54 Å². The van der Waals surface area contributed by atoms with Gasteiger partial charge in [-0.1, -0.05) is 12.8 Å². The van der Waals surface area contributed by atoms with Crippen molar-refractivity contribution in [1.29, 1.82) is 0 Å². The van der Waals surface area contributed by atoms with Crippen molar-refractivity contribution < 1.29 is 9.66 Å². The molecule has 0 spiro atoms. The Kier molecular flexibility index (Phi) is 5.13. The summed E-state index contributed by atoms with van der Waals surface area (Å²) in [6.45, 7) is 4.94. The third-order valence-corrected chi connectivity index (χ3v) is 5.12. The summed E-state index contributed by atoms with van der Waals surface area (Å²) in [5, 5.41) is 11.0. The standard InChI is InChI=1S/C17H25N3O3/c1-23-17-7-6-16(20(21)22)12-14(17)13-18-8-10-19(11-9-18)15-4-2-3-5-15/h6-7,12,15H,2-5,8-11,13H2,1H3. The molecule has 1 saturated heterocycles. The maximum atomic E-state index is 11.0. The van der Waals surface area contributed by atoms with Crippen LogP contribution < -0.4 is 4.74 Å². The highest BCUT2D eigenvalue weighted by molar-refractivity contribution is 5.43. The van der Waals surface area contributed by atoms with Gasteiger partial charge in [-0.25, -0.2) is 0 Å². The third kappa shape index (κ3) is 3.82. The number of rotatable bonds is 5. The number of ether oxygens (including phenoxy) is 1. The Balaban J connectivity index is 1.61. The first kappa shape index (κ1) is 16.2. The molecule has 2 fully saturated rings. The molecule has 0 bridgehead atoms. The first-order chi connectivity index (χ1) is 11.2. The van der Waals surface area contributed by atoms with Crippen molar-refractivity contribution in [2.24, 2.45) is 0 Å². The maximum Gasteiger partial charge on any atom is 0.270 e. The van der Waals surface area contributed by atoms with E-state index in [-0.39, 0.29) is 10.6 Å². The molecule has 0 radical (unpaired) electrons. The van der Waals surface area contributed by atoms with Crippen LogP contribution in [0.4, 0.5) is 5.69 Å². The van der Waals surface area contributed by atoms with E-state index in [1.165, 1.54) is 31.7 Å². The smallest absolute Gasteiger partial charge is 0.270 e. The Hall–Kier alpha value is -1.66. The van der Waals surface area contributed by atoms with Gasteiger partial charge < -0.3 is 4.74 Å². The molecule has 0 aromatic heterocycles. The molecular weight excluding hydrogens is 294 g/mol. The SMILES string of the molecule is COc1ccc([N+](=O)[O-])cc1CN1CCN(C2CCCC2)CC1. The highest BCUT2D eigenvalue weighted by Gasteiger charge is 2.26. The molecule has 1 aromatic carbocycles. The molecule has 1 heterocycles. The van der Waals surface area contributed by atoms with E-state index in [2.05, 4.69) is 9.80 Å². The van der Waals surface area contributed by atoms with Crippen LogP contribution in [-0.2, 0) is 6.54 Å². The van der Waals surface area contributed by atoms with Crippen molar-refractivity contribution in [3.63, 3.8) is 0 Å². The van der Waals surface area contributed by atoms with Crippen LogP contribution in [0.3, 0.4) is 0 Å². The molecule has 0 N–H and O–H groups in total. The number of nitro benzene ring substituents is 1. The minimum Gasteiger partial charge on any atom is -0.496 e. The van der Waals surface area contributed by atoms with Crippen LogP contribution in [0.15, 0.2) is 18.2 Å². The zero-order valence-corrected chi connectivity index (χ0v) is 13.7. The fourth-order valence-electron chi connectivity index (χ4n) is 3.80. The Morgan fingerprint density at radius 3 is 2.52 bits per heavy atom. The van der Waals surface area contributed by atoms with Crippen molar-refractivity contribution >= 4 is 5.69 Å². The van der Waals surface area contributed by atoms with Gasteiger partial charge >= 0.3 is 0 Å². The van der Waals surface area contributed by atoms with Crippen molar-refractivity contribution in [1.82, 2.24) is 9.80 Å². The monoisotopic (exact) mass is 319 g/mol. The lowest BCUT2D eigenvalue weighted by atomic mass is 10.1. The van der Waals surface area contributed by atoms with Gasteiger partial charge in [0.25, 0.3) is 5.69 Å². The molecule has 0 amide bonds. The second kappa shape index (κ2) is 7.27. The second-order valence-corrected chi connectivity index (χ2v) is 6.50. The van der Waals surface area contributed by atoms with Gasteiger partial charge in [0.05, 0.1) is 12.0 Å². The van der Waals surface area contributed by atoms with Gasteiger partial charge in [-0.3, -0.25) is 19.9 Å². The van der Waals surface area contributed by atoms with Crippen LogP contribution in [0, 0.1) is 10.1 Å². The van der Waals surface area contributed by atoms with E-state index in [1.54, 1.807) is 19.2 Å². The Labute approximate surface area is 137 Å². The number of nitrogens with zero attached hydrogens (tertiary/aromatic N) is 3. The molecule has 6 heteroatoms. The summed E-state index contributed by atoms with van der Waals surface area (Å²) in [6, 6.07) is 5.62. The minimum absolute atomic E-state index is 0.130. The van der Waals surface area contributed by atoms with Crippen LogP contribution in [0.5, 0.6) is 5.75 Å².